The van der Waals surface area contributed by atoms with Crippen LogP contribution < -0.4 is 17.2 Å². The second-order valence-corrected chi connectivity index (χ2v) is 2.72. The van der Waals surface area contributed by atoms with Crippen LogP contribution in [0.3, 0.4) is 0 Å². The van der Waals surface area contributed by atoms with Crippen LogP contribution in [-0.4, -0.2) is 23.0 Å². The summed E-state index contributed by atoms with van der Waals surface area (Å²) in [5.41, 5.74) is 15.8. The molecular weight excluding hydrogens is 168 g/mol. The predicted molar refractivity (Wildman–Crippen MR) is 53.9 cm³/mol. The molecule has 0 aromatic heterocycles. The molecule has 76 valence electrons. The largest absolute Gasteiger partial charge is 0.369 e. The molecule has 13 heavy (non-hydrogen) atoms. The Labute approximate surface area is 78.3 Å². The molecule has 0 aromatic carbocycles. The molecule has 0 unspecified atom stereocenters. The third kappa shape index (κ3) is 3.64. The van der Waals surface area contributed by atoms with Gasteiger partial charge in [0, 0.05) is 0 Å². The second-order valence-electron chi connectivity index (χ2n) is 2.72. The van der Waals surface area contributed by atoms with Crippen LogP contribution in [0.15, 0.2) is 5.10 Å². The Bertz CT molecular complexity index is 191. The lowest BCUT2D eigenvalue weighted by atomic mass is 10.2. The van der Waals surface area contributed by atoms with Crippen LogP contribution in [0.25, 0.3) is 0 Å². The van der Waals surface area contributed by atoms with Gasteiger partial charge in [0.25, 0.3) is 0 Å². The fourth-order valence-corrected chi connectivity index (χ4v) is 1.09. The molecule has 0 saturated heterocycles. The average molecular weight is 186 g/mol. The summed E-state index contributed by atoms with van der Waals surface area (Å²) in [7, 11) is 0. The average Bonchev–Trinajstić information content (AvgIpc) is 2.04. The lowest BCUT2D eigenvalue weighted by Gasteiger charge is -2.25. The highest BCUT2D eigenvalue weighted by molar-refractivity contribution is 5.80. The highest BCUT2D eigenvalue weighted by Gasteiger charge is 2.15. The van der Waals surface area contributed by atoms with E-state index in [4.69, 9.17) is 22.6 Å². The highest BCUT2D eigenvalue weighted by atomic mass is 15.5. The maximum atomic E-state index is 7.27. The number of nitrogens with one attached hydrogen (secondary N) is 1. The molecular formula is C7H18N6. The van der Waals surface area contributed by atoms with Gasteiger partial charge in [0.05, 0.1) is 6.04 Å². The predicted octanol–water partition coefficient (Wildman–Crippen LogP) is -0.441. The summed E-state index contributed by atoms with van der Waals surface area (Å²) in [6, 6.07) is 0.0830. The van der Waals surface area contributed by atoms with E-state index < -0.39 is 0 Å². The maximum Gasteiger partial charge on any atom is 0.209 e. The smallest absolute Gasteiger partial charge is 0.209 e. The zero-order chi connectivity index (χ0) is 10.4. The van der Waals surface area contributed by atoms with Gasteiger partial charge in [0.1, 0.15) is 0 Å². The van der Waals surface area contributed by atoms with Gasteiger partial charge in [-0.25, -0.2) is 5.01 Å². The van der Waals surface area contributed by atoms with E-state index in [9.17, 15) is 0 Å². The molecule has 0 amide bonds. The molecule has 0 atom stereocenters. The van der Waals surface area contributed by atoms with Gasteiger partial charge < -0.3 is 17.2 Å². The summed E-state index contributed by atoms with van der Waals surface area (Å²) in [6.45, 7) is 3.98. The summed E-state index contributed by atoms with van der Waals surface area (Å²) in [5, 5.41) is 12.4. The molecule has 0 aliphatic rings. The van der Waals surface area contributed by atoms with Crippen LogP contribution in [0.5, 0.6) is 0 Å². The van der Waals surface area contributed by atoms with E-state index in [1.165, 1.54) is 5.01 Å². The first-order valence-corrected chi connectivity index (χ1v) is 4.25. The quantitative estimate of drug-likeness (QED) is 0.270. The second kappa shape index (κ2) is 5.23. The van der Waals surface area contributed by atoms with Gasteiger partial charge in [-0.15, -0.1) is 5.10 Å². The van der Waals surface area contributed by atoms with Gasteiger partial charge in [-0.2, -0.15) is 0 Å². The summed E-state index contributed by atoms with van der Waals surface area (Å²) in [5.74, 6) is -0.218. The molecule has 6 heteroatoms. The molecule has 6 nitrogen and oxygen atoms in total. The molecule has 0 aliphatic heterocycles. The van der Waals surface area contributed by atoms with Gasteiger partial charge in [0.2, 0.25) is 11.9 Å². The fraction of sp³-hybridized carbons (Fsp3) is 0.714. The number of hydrogen-bond acceptors (Lipinski definition) is 2. The lowest BCUT2D eigenvalue weighted by Crippen LogP contribution is -2.42. The lowest BCUT2D eigenvalue weighted by molar-refractivity contribution is 0.301. The Morgan fingerprint density at radius 1 is 1.31 bits per heavy atom. The van der Waals surface area contributed by atoms with Gasteiger partial charge in [0.15, 0.2) is 0 Å². The Balaban J connectivity index is 4.58. The third-order valence-electron chi connectivity index (χ3n) is 1.76. The van der Waals surface area contributed by atoms with E-state index in [1.54, 1.807) is 0 Å². The highest BCUT2D eigenvalue weighted by Crippen LogP contribution is 2.07. The Kier molecular flexibility index (Phi) is 4.64. The normalized spacial score (nSPS) is 9.77. The van der Waals surface area contributed by atoms with Crippen molar-refractivity contribution in [3.8, 4) is 0 Å². The van der Waals surface area contributed by atoms with E-state index in [1.807, 2.05) is 13.8 Å². The number of nitrogens with zero attached hydrogens (tertiary/aromatic N) is 2. The van der Waals surface area contributed by atoms with Crippen molar-refractivity contribution < 1.29 is 0 Å². The zero-order valence-corrected chi connectivity index (χ0v) is 8.12. The molecule has 0 aliphatic carbocycles. The molecule has 0 fully saturated rings. The first-order chi connectivity index (χ1) is 6.02. The molecule has 0 rings (SSSR count). The fourth-order valence-electron chi connectivity index (χ4n) is 1.09. The van der Waals surface area contributed by atoms with Gasteiger partial charge >= 0.3 is 0 Å². The summed E-state index contributed by atoms with van der Waals surface area (Å²) < 4.78 is 0. The van der Waals surface area contributed by atoms with Crippen molar-refractivity contribution in [2.24, 2.45) is 22.3 Å². The summed E-state index contributed by atoms with van der Waals surface area (Å²) >= 11 is 0. The van der Waals surface area contributed by atoms with Crippen LogP contribution in [0, 0.1) is 5.41 Å². The first-order valence-electron chi connectivity index (χ1n) is 4.25. The summed E-state index contributed by atoms with van der Waals surface area (Å²) in [4.78, 5) is 0. The molecule has 0 aromatic rings. The van der Waals surface area contributed by atoms with Crippen molar-refractivity contribution in [2.45, 2.75) is 32.7 Å². The van der Waals surface area contributed by atoms with Crippen molar-refractivity contribution in [1.82, 2.24) is 5.01 Å². The van der Waals surface area contributed by atoms with Crippen molar-refractivity contribution in [3.63, 3.8) is 0 Å². The number of hydrogen-bond donors (Lipinski definition) is 4. The van der Waals surface area contributed by atoms with Gasteiger partial charge in [-0.05, 0) is 12.8 Å². The van der Waals surface area contributed by atoms with E-state index in [2.05, 4.69) is 5.10 Å². The molecule has 0 saturated carbocycles. The number of guanidine groups is 2. The van der Waals surface area contributed by atoms with Crippen LogP contribution >= 0.6 is 0 Å². The third-order valence-corrected chi connectivity index (χ3v) is 1.76. The van der Waals surface area contributed by atoms with E-state index >= 15 is 0 Å². The maximum absolute atomic E-state index is 7.27. The van der Waals surface area contributed by atoms with Crippen LogP contribution in [0.1, 0.15) is 26.7 Å². The van der Waals surface area contributed by atoms with E-state index in [0.717, 1.165) is 12.8 Å². The van der Waals surface area contributed by atoms with E-state index in [0.29, 0.717) is 0 Å². The van der Waals surface area contributed by atoms with Crippen LogP contribution in [0.4, 0.5) is 0 Å². The Hall–Kier alpha value is -1.46. The minimum Gasteiger partial charge on any atom is -0.369 e. The van der Waals surface area contributed by atoms with Gasteiger partial charge in [-0.3, -0.25) is 5.41 Å². The van der Waals surface area contributed by atoms with Crippen molar-refractivity contribution in [1.29, 1.82) is 5.41 Å². The zero-order valence-electron chi connectivity index (χ0n) is 8.12. The number of hydrazone groups is 1. The molecule has 0 radical (unpaired) electrons. The SMILES string of the molecule is CCC(CC)N(N=C(N)N)C(=N)N. The Morgan fingerprint density at radius 3 is 2.00 bits per heavy atom. The van der Waals surface area contributed by atoms with Crippen LogP contribution in [-0.2, 0) is 0 Å². The molecule has 0 spiro atoms. The first kappa shape index (κ1) is 11.5. The molecule has 7 N–H and O–H groups in total. The topological polar surface area (TPSA) is 118 Å². The van der Waals surface area contributed by atoms with Crippen molar-refractivity contribution >= 4 is 11.9 Å². The summed E-state index contributed by atoms with van der Waals surface area (Å²) in [6.07, 6.45) is 1.68. The van der Waals surface area contributed by atoms with Crippen molar-refractivity contribution in [2.75, 3.05) is 0 Å². The number of nitrogens with two attached hydrogens (primary N) is 3. The monoisotopic (exact) mass is 186 g/mol. The van der Waals surface area contributed by atoms with E-state index in [-0.39, 0.29) is 18.0 Å². The van der Waals surface area contributed by atoms with Gasteiger partial charge in [-0.1, -0.05) is 13.8 Å². The Morgan fingerprint density at radius 2 is 1.77 bits per heavy atom. The molecule has 0 heterocycles. The van der Waals surface area contributed by atoms with Crippen molar-refractivity contribution in [3.05, 3.63) is 0 Å². The standard InChI is InChI=1S/C7H18N6/c1-3-5(4-2)13(7(10)11)12-6(8)9/h5H,3-4H2,1-2H3,(H3,10,11)(H4,8,9,12). The number of rotatable bonds is 4. The minimum atomic E-state index is -0.137. The molecule has 0 bridgehead atoms. The minimum absolute atomic E-state index is 0.0814. The van der Waals surface area contributed by atoms with Crippen LogP contribution in [0.2, 0.25) is 0 Å².